The van der Waals surface area contributed by atoms with Crippen molar-refractivity contribution in [3.05, 3.63) is 87.7 Å². The SMILES string of the molecule is CCOC(=O)C(Cc1ccc(NC(=O)c2c(Cl)cncc2Cl)cc1)NC(=O)[C@@H]1CCCN1S(=O)(=O)c1cccc(C#N)c1. The highest BCUT2D eigenvalue weighted by Gasteiger charge is 2.40. The minimum Gasteiger partial charge on any atom is -0.464 e. The molecule has 0 radical (unpaired) electrons. The van der Waals surface area contributed by atoms with Crippen molar-refractivity contribution in [2.24, 2.45) is 0 Å². The second-order valence-corrected chi connectivity index (χ2v) is 12.3. The van der Waals surface area contributed by atoms with Crippen molar-refractivity contribution >= 4 is 56.7 Å². The van der Waals surface area contributed by atoms with Crippen LogP contribution in [0.5, 0.6) is 0 Å². The predicted octanol–water partition coefficient (Wildman–Crippen LogP) is 3.96. The number of carbonyl (C=O) groups excluding carboxylic acids is 3. The number of nitriles is 1. The summed E-state index contributed by atoms with van der Waals surface area (Å²) in [7, 11) is -4.08. The molecule has 1 aromatic heterocycles. The van der Waals surface area contributed by atoms with E-state index in [0.717, 1.165) is 4.31 Å². The molecule has 11 nitrogen and oxygen atoms in total. The highest BCUT2D eigenvalue weighted by molar-refractivity contribution is 7.89. The van der Waals surface area contributed by atoms with Gasteiger partial charge in [0.2, 0.25) is 15.9 Å². The number of esters is 1. The Morgan fingerprint density at radius 2 is 1.84 bits per heavy atom. The summed E-state index contributed by atoms with van der Waals surface area (Å²) in [6, 6.07) is 11.9. The molecular formula is C29H27Cl2N5O6S. The van der Waals surface area contributed by atoms with Gasteiger partial charge in [-0.2, -0.15) is 9.57 Å². The maximum Gasteiger partial charge on any atom is 0.328 e. The first kappa shape index (κ1) is 31.9. The molecule has 2 aromatic carbocycles. The van der Waals surface area contributed by atoms with Gasteiger partial charge >= 0.3 is 5.97 Å². The maximum absolute atomic E-state index is 13.4. The van der Waals surface area contributed by atoms with Crippen LogP contribution >= 0.6 is 23.2 Å². The van der Waals surface area contributed by atoms with Crippen molar-refractivity contribution < 1.29 is 27.5 Å². The lowest BCUT2D eigenvalue weighted by molar-refractivity contribution is -0.147. The Morgan fingerprint density at radius 3 is 2.49 bits per heavy atom. The van der Waals surface area contributed by atoms with Crippen LogP contribution in [0.3, 0.4) is 0 Å². The normalized spacial score (nSPS) is 15.7. The molecule has 3 aromatic rings. The van der Waals surface area contributed by atoms with E-state index in [1.54, 1.807) is 31.2 Å². The predicted molar refractivity (Wildman–Crippen MR) is 159 cm³/mol. The molecule has 2 atom stereocenters. The lowest BCUT2D eigenvalue weighted by atomic mass is 10.0. The highest BCUT2D eigenvalue weighted by Crippen LogP contribution is 2.27. The van der Waals surface area contributed by atoms with Crippen LogP contribution in [0.25, 0.3) is 0 Å². The first-order chi connectivity index (χ1) is 20.5. The molecule has 2 N–H and O–H groups in total. The molecule has 1 saturated heterocycles. The number of nitrogens with zero attached hydrogens (tertiary/aromatic N) is 3. The topological polar surface area (TPSA) is 159 Å². The molecule has 1 unspecified atom stereocenters. The van der Waals surface area contributed by atoms with Crippen molar-refractivity contribution in [3.63, 3.8) is 0 Å². The summed E-state index contributed by atoms with van der Waals surface area (Å²) in [4.78, 5) is 42.6. The average molecular weight is 645 g/mol. The van der Waals surface area contributed by atoms with Crippen LogP contribution in [0.15, 0.2) is 65.8 Å². The number of pyridine rings is 1. The van der Waals surface area contributed by atoms with Gasteiger partial charge in [-0.1, -0.05) is 41.4 Å². The van der Waals surface area contributed by atoms with Gasteiger partial charge in [-0.25, -0.2) is 13.2 Å². The highest BCUT2D eigenvalue weighted by atomic mass is 35.5. The fraction of sp³-hybridized carbons (Fsp3) is 0.276. The van der Waals surface area contributed by atoms with Crippen LogP contribution in [0.1, 0.15) is 41.3 Å². The number of hydrogen-bond donors (Lipinski definition) is 2. The molecule has 2 heterocycles. The molecule has 2 amide bonds. The number of benzene rings is 2. The molecule has 224 valence electrons. The molecule has 0 spiro atoms. The van der Waals surface area contributed by atoms with Crippen LogP contribution in [-0.2, 0) is 30.8 Å². The van der Waals surface area contributed by atoms with E-state index in [1.807, 2.05) is 6.07 Å². The lowest BCUT2D eigenvalue weighted by Crippen LogP contribution is -2.51. The van der Waals surface area contributed by atoms with Crippen LogP contribution in [0.4, 0.5) is 5.69 Å². The monoisotopic (exact) mass is 643 g/mol. The number of nitrogens with one attached hydrogen (secondary N) is 2. The van der Waals surface area contributed by atoms with Gasteiger partial charge in [0.05, 0.1) is 38.7 Å². The summed E-state index contributed by atoms with van der Waals surface area (Å²) in [5, 5.41) is 14.7. The zero-order valence-corrected chi connectivity index (χ0v) is 25.2. The van der Waals surface area contributed by atoms with Gasteiger partial charge in [0.15, 0.2) is 0 Å². The molecule has 0 bridgehead atoms. The standard InChI is InChI=1S/C29H27Cl2N5O6S/c1-2-42-29(39)24(14-18-8-10-20(11-9-18)34-28(38)26-22(30)16-33-17-23(26)31)35-27(37)25-7-4-12-36(25)43(40,41)21-6-3-5-19(13-21)15-32/h3,5-6,8-11,13,16-17,24-25H,2,4,7,12,14H2,1H3,(H,34,38)(H,35,37)/t24?,25-/m0/s1. The fourth-order valence-electron chi connectivity index (χ4n) is 4.64. The number of halogens is 2. The first-order valence-corrected chi connectivity index (χ1v) is 15.4. The van der Waals surface area contributed by atoms with Crippen molar-refractivity contribution in [3.8, 4) is 6.07 Å². The van der Waals surface area contributed by atoms with E-state index >= 15 is 0 Å². The maximum atomic E-state index is 13.4. The summed E-state index contributed by atoms with van der Waals surface area (Å²) in [5.74, 6) is -1.84. The summed E-state index contributed by atoms with van der Waals surface area (Å²) in [6.07, 6.45) is 3.37. The number of rotatable bonds is 10. The molecule has 1 aliphatic rings. The Kier molecular flexibility index (Phi) is 10.4. The Bertz CT molecular complexity index is 1660. The molecule has 1 aliphatic heterocycles. The summed E-state index contributed by atoms with van der Waals surface area (Å²) < 4.78 is 33.0. The minimum absolute atomic E-state index is 0.0461. The van der Waals surface area contributed by atoms with E-state index in [1.165, 1.54) is 36.7 Å². The summed E-state index contributed by atoms with van der Waals surface area (Å²) in [6.45, 7) is 1.83. The number of aromatic nitrogens is 1. The van der Waals surface area contributed by atoms with Crippen LogP contribution in [0, 0.1) is 11.3 Å². The third kappa shape index (κ3) is 7.50. The van der Waals surface area contributed by atoms with E-state index in [0.29, 0.717) is 17.7 Å². The molecule has 4 rings (SSSR count). The summed E-state index contributed by atoms with van der Waals surface area (Å²) >= 11 is 12.1. The fourth-order valence-corrected chi connectivity index (χ4v) is 6.88. The van der Waals surface area contributed by atoms with E-state index in [9.17, 15) is 28.1 Å². The van der Waals surface area contributed by atoms with E-state index in [2.05, 4.69) is 15.6 Å². The number of ether oxygens (including phenoxy) is 1. The Morgan fingerprint density at radius 1 is 1.14 bits per heavy atom. The van der Waals surface area contributed by atoms with Gasteiger partial charge in [0, 0.05) is 31.0 Å². The number of hydrogen-bond acceptors (Lipinski definition) is 8. The minimum atomic E-state index is -4.08. The average Bonchev–Trinajstić information content (AvgIpc) is 3.49. The molecule has 14 heteroatoms. The van der Waals surface area contributed by atoms with Gasteiger partial charge in [-0.15, -0.1) is 0 Å². The Labute approximate surface area is 258 Å². The third-order valence-corrected chi connectivity index (χ3v) is 9.17. The van der Waals surface area contributed by atoms with E-state index in [-0.39, 0.29) is 52.1 Å². The second kappa shape index (κ2) is 14.0. The lowest BCUT2D eigenvalue weighted by Gasteiger charge is -2.25. The van der Waals surface area contributed by atoms with Gasteiger partial charge in [0.25, 0.3) is 5.91 Å². The molecular weight excluding hydrogens is 617 g/mol. The van der Waals surface area contributed by atoms with E-state index < -0.39 is 39.9 Å². The molecule has 43 heavy (non-hydrogen) atoms. The Hall–Kier alpha value is -4.02. The van der Waals surface area contributed by atoms with Crippen molar-refractivity contribution in [2.75, 3.05) is 18.5 Å². The van der Waals surface area contributed by atoms with Crippen LogP contribution < -0.4 is 10.6 Å². The Balaban J connectivity index is 1.47. The van der Waals surface area contributed by atoms with E-state index in [4.69, 9.17) is 27.9 Å². The van der Waals surface area contributed by atoms with Gasteiger partial charge < -0.3 is 15.4 Å². The van der Waals surface area contributed by atoms with Crippen molar-refractivity contribution in [2.45, 2.75) is 43.2 Å². The number of anilines is 1. The number of sulfonamides is 1. The molecule has 0 saturated carbocycles. The second-order valence-electron chi connectivity index (χ2n) is 9.56. The van der Waals surface area contributed by atoms with Crippen molar-refractivity contribution in [1.29, 1.82) is 5.26 Å². The molecule has 0 aliphatic carbocycles. The smallest absolute Gasteiger partial charge is 0.328 e. The third-order valence-electron chi connectivity index (χ3n) is 6.70. The van der Waals surface area contributed by atoms with Crippen LogP contribution in [-0.4, -0.2) is 60.7 Å². The van der Waals surface area contributed by atoms with Crippen LogP contribution in [0.2, 0.25) is 10.0 Å². The first-order valence-electron chi connectivity index (χ1n) is 13.2. The van der Waals surface area contributed by atoms with Gasteiger partial charge in [-0.05, 0) is 55.7 Å². The summed E-state index contributed by atoms with van der Waals surface area (Å²) in [5.41, 5.74) is 1.33. The number of amides is 2. The zero-order valence-electron chi connectivity index (χ0n) is 22.9. The van der Waals surface area contributed by atoms with Gasteiger partial charge in [-0.3, -0.25) is 14.6 Å². The largest absolute Gasteiger partial charge is 0.464 e. The molecule has 1 fully saturated rings. The quantitative estimate of drug-likeness (QED) is 0.314. The number of carbonyl (C=O) groups is 3. The van der Waals surface area contributed by atoms with Crippen molar-refractivity contribution in [1.82, 2.24) is 14.6 Å². The zero-order chi connectivity index (χ0) is 31.1. The van der Waals surface area contributed by atoms with Gasteiger partial charge in [0.1, 0.15) is 12.1 Å².